The summed E-state index contributed by atoms with van der Waals surface area (Å²) in [5, 5.41) is 9.16. The minimum Gasteiger partial charge on any atom is -0.481 e. The van der Waals surface area contributed by atoms with Crippen molar-refractivity contribution in [2.24, 2.45) is 5.92 Å². The molecule has 1 N–H and O–H groups in total. The van der Waals surface area contributed by atoms with Crippen LogP contribution < -0.4 is 0 Å². The van der Waals surface area contributed by atoms with Gasteiger partial charge in [0.05, 0.1) is 5.92 Å². The SMILES string of the molecule is Cc1nccn1C1CCCCC1C(=O)O. The number of aromatic nitrogens is 2. The Kier molecular flexibility index (Phi) is 2.75. The molecule has 1 aliphatic carbocycles. The maximum atomic E-state index is 11.1. The zero-order valence-corrected chi connectivity index (χ0v) is 8.89. The number of hydrogen-bond acceptors (Lipinski definition) is 2. The second kappa shape index (κ2) is 4.04. The topological polar surface area (TPSA) is 55.1 Å². The first kappa shape index (κ1) is 10.2. The van der Waals surface area contributed by atoms with Crippen molar-refractivity contribution in [3.05, 3.63) is 18.2 Å². The maximum Gasteiger partial charge on any atom is 0.308 e. The van der Waals surface area contributed by atoms with Gasteiger partial charge in [-0.3, -0.25) is 4.79 Å². The summed E-state index contributed by atoms with van der Waals surface area (Å²) in [5.74, 6) is -0.00685. The molecule has 0 bridgehead atoms. The number of nitrogens with zero attached hydrogens (tertiary/aromatic N) is 2. The van der Waals surface area contributed by atoms with Gasteiger partial charge in [0.2, 0.25) is 0 Å². The highest BCUT2D eigenvalue weighted by molar-refractivity contribution is 5.70. The molecule has 2 unspecified atom stereocenters. The van der Waals surface area contributed by atoms with Crippen molar-refractivity contribution < 1.29 is 9.90 Å². The highest BCUT2D eigenvalue weighted by Crippen LogP contribution is 2.34. The lowest BCUT2D eigenvalue weighted by molar-refractivity contribution is -0.144. The highest BCUT2D eigenvalue weighted by atomic mass is 16.4. The molecule has 0 amide bonds. The fourth-order valence-corrected chi connectivity index (χ4v) is 2.47. The summed E-state index contributed by atoms with van der Waals surface area (Å²) < 4.78 is 2.01. The number of aryl methyl sites for hydroxylation is 1. The normalized spacial score (nSPS) is 26.5. The molecule has 1 fully saturated rings. The van der Waals surface area contributed by atoms with E-state index in [0.29, 0.717) is 0 Å². The van der Waals surface area contributed by atoms with Gasteiger partial charge in [-0.25, -0.2) is 4.98 Å². The molecule has 15 heavy (non-hydrogen) atoms. The summed E-state index contributed by atoms with van der Waals surface area (Å²) in [6.45, 7) is 1.92. The number of carboxylic acids is 1. The van der Waals surface area contributed by atoms with Gasteiger partial charge in [0.15, 0.2) is 0 Å². The van der Waals surface area contributed by atoms with Crippen LogP contribution >= 0.6 is 0 Å². The molecule has 0 aliphatic heterocycles. The number of hydrogen-bond donors (Lipinski definition) is 1. The van der Waals surface area contributed by atoms with Gasteiger partial charge < -0.3 is 9.67 Å². The Bertz CT molecular complexity index is 359. The van der Waals surface area contributed by atoms with Gasteiger partial charge in [-0.1, -0.05) is 12.8 Å². The van der Waals surface area contributed by atoms with Gasteiger partial charge in [0.1, 0.15) is 5.82 Å². The summed E-state index contributed by atoms with van der Waals surface area (Å²) in [7, 11) is 0. The lowest BCUT2D eigenvalue weighted by Gasteiger charge is -2.30. The minimum atomic E-state index is -0.673. The highest BCUT2D eigenvalue weighted by Gasteiger charge is 2.32. The fourth-order valence-electron chi connectivity index (χ4n) is 2.47. The Balaban J connectivity index is 2.25. The van der Waals surface area contributed by atoms with Crippen molar-refractivity contribution in [2.45, 2.75) is 38.6 Å². The van der Waals surface area contributed by atoms with E-state index >= 15 is 0 Å². The van der Waals surface area contributed by atoms with Crippen LogP contribution in [0, 0.1) is 12.8 Å². The monoisotopic (exact) mass is 208 g/mol. The molecule has 1 saturated carbocycles. The fraction of sp³-hybridized carbons (Fsp3) is 0.636. The van der Waals surface area contributed by atoms with Gasteiger partial charge >= 0.3 is 5.97 Å². The molecule has 0 aromatic carbocycles. The minimum absolute atomic E-state index is 0.0961. The Morgan fingerprint density at radius 1 is 1.53 bits per heavy atom. The Labute approximate surface area is 88.9 Å². The number of rotatable bonds is 2. The first-order chi connectivity index (χ1) is 7.20. The third kappa shape index (κ3) is 1.89. The third-order valence-electron chi connectivity index (χ3n) is 3.27. The summed E-state index contributed by atoms with van der Waals surface area (Å²) >= 11 is 0. The van der Waals surface area contributed by atoms with E-state index in [2.05, 4.69) is 4.98 Å². The van der Waals surface area contributed by atoms with Crippen LogP contribution in [0.15, 0.2) is 12.4 Å². The summed E-state index contributed by atoms with van der Waals surface area (Å²) in [4.78, 5) is 15.3. The van der Waals surface area contributed by atoms with Crippen LogP contribution in [0.2, 0.25) is 0 Å². The van der Waals surface area contributed by atoms with E-state index in [4.69, 9.17) is 5.11 Å². The van der Waals surface area contributed by atoms with Crippen LogP contribution in [0.4, 0.5) is 0 Å². The largest absolute Gasteiger partial charge is 0.481 e. The lowest BCUT2D eigenvalue weighted by Crippen LogP contribution is -2.29. The second-order valence-corrected chi connectivity index (χ2v) is 4.18. The van der Waals surface area contributed by atoms with Crippen molar-refractivity contribution in [1.82, 2.24) is 9.55 Å². The Hall–Kier alpha value is -1.32. The number of imidazole rings is 1. The van der Waals surface area contributed by atoms with Gasteiger partial charge in [0.25, 0.3) is 0 Å². The Morgan fingerprint density at radius 2 is 2.27 bits per heavy atom. The first-order valence-electron chi connectivity index (χ1n) is 5.42. The van der Waals surface area contributed by atoms with Crippen LogP contribution in [0.1, 0.15) is 37.5 Å². The zero-order valence-electron chi connectivity index (χ0n) is 8.89. The molecule has 0 radical (unpaired) electrons. The molecule has 4 heteroatoms. The van der Waals surface area contributed by atoms with Crippen molar-refractivity contribution in [3.63, 3.8) is 0 Å². The van der Waals surface area contributed by atoms with Crippen LogP contribution in [0.5, 0.6) is 0 Å². The number of carboxylic acid groups (broad SMARTS) is 1. The molecule has 1 aliphatic rings. The van der Waals surface area contributed by atoms with Crippen LogP contribution in [0.3, 0.4) is 0 Å². The van der Waals surface area contributed by atoms with Gasteiger partial charge in [-0.2, -0.15) is 0 Å². The van der Waals surface area contributed by atoms with Gasteiger partial charge in [-0.05, 0) is 19.8 Å². The van der Waals surface area contributed by atoms with E-state index in [0.717, 1.165) is 31.5 Å². The van der Waals surface area contributed by atoms with Crippen LogP contribution in [-0.4, -0.2) is 20.6 Å². The van der Waals surface area contributed by atoms with Crippen molar-refractivity contribution >= 4 is 5.97 Å². The number of aliphatic carboxylic acids is 1. The van der Waals surface area contributed by atoms with Crippen molar-refractivity contribution in [2.75, 3.05) is 0 Å². The quantitative estimate of drug-likeness (QED) is 0.808. The molecule has 1 heterocycles. The molecule has 2 rings (SSSR count). The predicted octanol–water partition coefficient (Wildman–Crippen LogP) is 2.01. The molecule has 2 atom stereocenters. The molecular weight excluding hydrogens is 192 g/mol. The molecule has 4 nitrogen and oxygen atoms in total. The van der Waals surface area contributed by atoms with E-state index in [1.54, 1.807) is 6.20 Å². The van der Waals surface area contributed by atoms with Crippen molar-refractivity contribution in [1.29, 1.82) is 0 Å². The number of carbonyl (C=O) groups is 1. The molecule has 0 spiro atoms. The smallest absolute Gasteiger partial charge is 0.308 e. The van der Waals surface area contributed by atoms with Crippen LogP contribution in [0.25, 0.3) is 0 Å². The summed E-state index contributed by atoms with van der Waals surface area (Å²) in [6, 6.07) is 0.0961. The van der Waals surface area contributed by atoms with E-state index in [1.165, 1.54) is 0 Å². The molecule has 1 aromatic rings. The molecular formula is C11H16N2O2. The standard InChI is InChI=1S/C11H16N2O2/c1-8-12-6-7-13(8)10-5-3-2-4-9(10)11(14)15/h6-7,9-10H,2-5H2,1H3,(H,14,15). The van der Waals surface area contributed by atoms with Gasteiger partial charge in [-0.15, -0.1) is 0 Å². The molecule has 1 aromatic heterocycles. The summed E-state index contributed by atoms with van der Waals surface area (Å²) in [6.07, 6.45) is 7.52. The average Bonchev–Trinajstić information content (AvgIpc) is 2.64. The molecule has 82 valence electrons. The van der Waals surface area contributed by atoms with Crippen molar-refractivity contribution in [3.8, 4) is 0 Å². The average molecular weight is 208 g/mol. The second-order valence-electron chi connectivity index (χ2n) is 4.18. The maximum absolute atomic E-state index is 11.1. The van der Waals surface area contributed by atoms with E-state index in [-0.39, 0.29) is 12.0 Å². The first-order valence-corrected chi connectivity index (χ1v) is 5.42. The zero-order chi connectivity index (χ0) is 10.8. The van der Waals surface area contributed by atoms with E-state index in [9.17, 15) is 4.79 Å². The van der Waals surface area contributed by atoms with E-state index in [1.807, 2.05) is 17.7 Å². The van der Waals surface area contributed by atoms with E-state index < -0.39 is 5.97 Å². The van der Waals surface area contributed by atoms with Gasteiger partial charge in [0, 0.05) is 18.4 Å². The predicted molar refractivity (Wildman–Crippen MR) is 55.6 cm³/mol. The van der Waals surface area contributed by atoms with Crippen LogP contribution in [-0.2, 0) is 4.79 Å². The Morgan fingerprint density at radius 3 is 2.87 bits per heavy atom. The summed E-state index contributed by atoms with van der Waals surface area (Å²) in [5.41, 5.74) is 0. The lowest BCUT2D eigenvalue weighted by atomic mass is 9.84. The third-order valence-corrected chi connectivity index (χ3v) is 3.27. The molecule has 0 saturated heterocycles.